The van der Waals surface area contributed by atoms with Crippen LogP contribution in [0.5, 0.6) is 0 Å². The Hall–Kier alpha value is 0.596. The molecule has 1 aliphatic rings. The third-order valence-corrected chi connectivity index (χ3v) is 8.93. The van der Waals surface area contributed by atoms with Crippen molar-refractivity contribution in [2.24, 2.45) is 0 Å². The Morgan fingerprint density at radius 2 is 1.28 bits per heavy atom. The molecule has 0 aromatic rings. The average Bonchev–Trinajstić information content (AvgIpc) is 2.41. The Labute approximate surface area is 123 Å². The van der Waals surface area contributed by atoms with Crippen molar-refractivity contribution < 1.29 is 4.48 Å². The van der Waals surface area contributed by atoms with E-state index in [-0.39, 0.29) is 17.4 Å². The summed E-state index contributed by atoms with van der Waals surface area (Å²) in [6.07, 6.45) is 11.8. The van der Waals surface area contributed by atoms with E-state index in [0.29, 0.717) is 0 Å². The van der Waals surface area contributed by atoms with E-state index in [1.165, 1.54) is 69.2 Å². The van der Waals surface area contributed by atoms with Crippen molar-refractivity contribution in [1.29, 1.82) is 0 Å². The van der Waals surface area contributed by atoms with E-state index in [4.69, 9.17) is 0 Å². The zero-order chi connectivity index (χ0) is 13.1. The molecule has 0 aromatic heterocycles. The van der Waals surface area contributed by atoms with Crippen LogP contribution in [0.15, 0.2) is 0 Å². The topological polar surface area (TPSA) is 0 Å². The summed E-state index contributed by atoms with van der Waals surface area (Å²) >= 11 is -0.0638. The van der Waals surface area contributed by atoms with Gasteiger partial charge in [-0.25, -0.2) is 0 Å². The summed E-state index contributed by atoms with van der Waals surface area (Å²) in [5, 5.41) is 0. The molecule has 0 N–H and O–H groups in total. The zero-order valence-electron chi connectivity index (χ0n) is 13.1. The van der Waals surface area contributed by atoms with E-state index in [1.807, 2.05) is 0 Å². The fourth-order valence-corrected chi connectivity index (χ4v) is 7.15. The second-order valence-electron chi connectivity index (χ2n) is 6.42. The first-order valence-corrected chi connectivity index (χ1v) is 12.9. The number of rotatable bonds is 6. The fourth-order valence-electron chi connectivity index (χ4n) is 3.44. The molecule has 0 bridgehead atoms. The summed E-state index contributed by atoms with van der Waals surface area (Å²) in [6, 6.07) is 0. The molecule has 0 amide bonds. The van der Waals surface area contributed by atoms with Gasteiger partial charge in [-0.3, -0.25) is 0 Å². The first kappa shape index (κ1) is 16.7. The predicted octanol–water partition coefficient (Wildman–Crippen LogP) is 4.25. The molecule has 1 saturated heterocycles. The van der Waals surface area contributed by atoms with Gasteiger partial charge >= 0.3 is 123 Å². The molecule has 0 saturated carbocycles. The van der Waals surface area contributed by atoms with Crippen LogP contribution in [-0.2, 0) is 0 Å². The first-order chi connectivity index (χ1) is 8.83. The maximum absolute atomic E-state index is 2.35. The Kier molecular flexibility index (Phi) is 9.61. The summed E-state index contributed by atoms with van der Waals surface area (Å²) < 4.78 is 1.48. The molecule has 1 nitrogen and oxygen atoms in total. The van der Waals surface area contributed by atoms with E-state index in [2.05, 4.69) is 13.8 Å². The molecule has 0 atom stereocenters. The van der Waals surface area contributed by atoms with E-state index in [1.54, 1.807) is 22.8 Å². The molecule has 1 rings (SSSR count). The van der Waals surface area contributed by atoms with Gasteiger partial charge in [-0.05, 0) is 0 Å². The molecule has 0 radical (unpaired) electrons. The van der Waals surface area contributed by atoms with Gasteiger partial charge in [-0.2, -0.15) is 0 Å². The van der Waals surface area contributed by atoms with E-state index in [0.717, 1.165) is 0 Å². The number of quaternary nitrogens is 1. The van der Waals surface area contributed by atoms with Crippen LogP contribution in [0.25, 0.3) is 0 Å². The van der Waals surface area contributed by atoms with Crippen LogP contribution in [0.2, 0.25) is 9.95 Å². The molecular formula is C16H35GaN+. The monoisotopic (exact) mass is 310 g/mol. The second kappa shape index (κ2) is 10.4. The number of nitrogens with zero attached hydrogens (tertiary/aromatic N) is 1. The maximum atomic E-state index is 2.35. The molecule has 106 valence electrons. The Bertz CT molecular complexity index is 174. The van der Waals surface area contributed by atoms with Crippen LogP contribution >= 0.6 is 0 Å². The van der Waals surface area contributed by atoms with E-state index < -0.39 is 0 Å². The van der Waals surface area contributed by atoms with Crippen LogP contribution in [0.1, 0.15) is 65.2 Å². The number of unbranched alkanes of at least 4 members (excludes halogenated alkanes) is 2. The Morgan fingerprint density at radius 3 is 1.72 bits per heavy atom. The molecule has 1 heterocycles. The molecular weight excluding hydrogens is 276 g/mol. The van der Waals surface area contributed by atoms with Crippen molar-refractivity contribution in [1.82, 2.24) is 0 Å². The van der Waals surface area contributed by atoms with Crippen molar-refractivity contribution in [2.45, 2.75) is 75.2 Å². The SMILES string of the molecule is CCCC[N+]1(CCCC)CCC[CH2][GaH][CH2]CCC1. The van der Waals surface area contributed by atoms with Crippen LogP contribution in [0, 0.1) is 0 Å². The summed E-state index contributed by atoms with van der Waals surface area (Å²) in [5.41, 5.74) is 0. The van der Waals surface area contributed by atoms with E-state index in [9.17, 15) is 0 Å². The van der Waals surface area contributed by atoms with Crippen molar-refractivity contribution in [2.75, 3.05) is 26.2 Å². The normalized spacial score (nSPS) is 21.2. The van der Waals surface area contributed by atoms with Gasteiger partial charge in [0.15, 0.2) is 0 Å². The standard InChI is InChI=1S/C16H34N.Ga.H/c1-5-9-13-17(14-10-6-2,15-11-7-3)16-12-8-4;;/h1-2,5-16H2,3-4H3;;/q+1;;. The van der Waals surface area contributed by atoms with Crippen LogP contribution in [0.4, 0.5) is 0 Å². The summed E-state index contributed by atoms with van der Waals surface area (Å²) in [4.78, 5) is 3.35. The summed E-state index contributed by atoms with van der Waals surface area (Å²) in [6.45, 7) is 10.6. The van der Waals surface area contributed by atoms with Gasteiger partial charge in [-0.1, -0.05) is 0 Å². The van der Waals surface area contributed by atoms with Crippen molar-refractivity contribution in [3.05, 3.63) is 0 Å². The quantitative estimate of drug-likeness (QED) is 0.508. The van der Waals surface area contributed by atoms with Gasteiger partial charge in [0.2, 0.25) is 0 Å². The number of hydrogen-bond donors (Lipinski definition) is 0. The van der Waals surface area contributed by atoms with Gasteiger partial charge in [0, 0.05) is 0 Å². The molecule has 0 aliphatic carbocycles. The molecule has 18 heavy (non-hydrogen) atoms. The molecule has 1 fully saturated rings. The van der Waals surface area contributed by atoms with Gasteiger partial charge in [-0.15, -0.1) is 0 Å². The number of hydrogen-bond acceptors (Lipinski definition) is 0. The Balaban J connectivity index is 2.54. The van der Waals surface area contributed by atoms with Crippen LogP contribution in [0.3, 0.4) is 0 Å². The molecule has 0 aromatic carbocycles. The summed E-state index contributed by atoms with van der Waals surface area (Å²) in [7, 11) is 0. The van der Waals surface area contributed by atoms with Gasteiger partial charge in [0.1, 0.15) is 0 Å². The van der Waals surface area contributed by atoms with Gasteiger partial charge < -0.3 is 0 Å². The summed E-state index contributed by atoms with van der Waals surface area (Å²) in [5.74, 6) is 0. The predicted molar refractivity (Wildman–Crippen MR) is 84.8 cm³/mol. The molecule has 0 spiro atoms. The first-order valence-electron chi connectivity index (χ1n) is 8.68. The second-order valence-corrected chi connectivity index (χ2v) is 10.9. The van der Waals surface area contributed by atoms with E-state index >= 15 is 0 Å². The Morgan fingerprint density at radius 1 is 0.778 bits per heavy atom. The molecule has 0 unspecified atom stereocenters. The minimum atomic E-state index is -0.0638. The minimum absolute atomic E-state index is 0.0638. The molecule has 2 heteroatoms. The van der Waals surface area contributed by atoms with Crippen molar-refractivity contribution in [3.63, 3.8) is 0 Å². The fraction of sp³-hybridized carbons (Fsp3) is 1.00. The van der Waals surface area contributed by atoms with Crippen molar-refractivity contribution >= 4 is 17.4 Å². The molecule has 1 aliphatic heterocycles. The van der Waals surface area contributed by atoms with Crippen molar-refractivity contribution in [3.8, 4) is 0 Å². The average molecular weight is 311 g/mol. The third kappa shape index (κ3) is 6.67. The van der Waals surface area contributed by atoms with Crippen LogP contribution < -0.4 is 0 Å². The zero-order valence-corrected chi connectivity index (χ0v) is 16.0. The van der Waals surface area contributed by atoms with Crippen LogP contribution in [-0.4, -0.2) is 48.1 Å². The van der Waals surface area contributed by atoms with Gasteiger partial charge in [0.25, 0.3) is 0 Å². The van der Waals surface area contributed by atoms with Gasteiger partial charge in [0.05, 0.1) is 0 Å². The third-order valence-electron chi connectivity index (χ3n) is 4.74.